The summed E-state index contributed by atoms with van der Waals surface area (Å²) in [6, 6.07) is 4.97. The molecule has 1 fully saturated rings. The number of amides is 2. The summed E-state index contributed by atoms with van der Waals surface area (Å²) in [7, 11) is 0. The van der Waals surface area contributed by atoms with Crippen LogP contribution < -0.4 is 0 Å². The quantitative estimate of drug-likeness (QED) is 0.852. The van der Waals surface area contributed by atoms with Gasteiger partial charge in [-0.25, -0.2) is 14.5 Å². The molecule has 1 aliphatic rings. The van der Waals surface area contributed by atoms with E-state index in [1.165, 1.54) is 17.8 Å². The molecule has 0 aromatic heterocycles. The molecule has 106 valence electrons. The number of rotatable bonds is 4. The van der Waals surface area contributed by atoms with E-state index in [4.69, 9.17) is 5.11 Å². The lowest BCUT2D eigenvalue weighted by atomic mass is 10.1. The minimum absolute atomic E-state index is 0.0667. The van der Waals surface area contributed by atoms with Crippen LogP contribution in [-0.4, -0.2) is 46.9 Å². The molecule has 7 heteroatoms. The first-order valence-electron chi connectivity index (χ1n) is 5.93. The van der Waals surface area contributed by atoms with Crippen molar-refractivity contribution in [3.8, 4) is 0 Å². The minimum Gasteiger partial charge on any atom is -0.478 e. The van der Waals surface area contributed by atoms with E-state index in [2.05, 4.69) is 4.74 Å². The van der Waals surface area contributed by atoms with Crippen molar-refractivity contribution in [2.45, 2.75) is 11.8 Å². The van der Waals surface area contributed by atoms with Crippen LogP contribution in [0.5, 0.6) is 0 Å². The van der Waals surface area contributed by atoms with Crippen LogP contribution in [0, 0.1) is 6.92 Å². The fraction of sp³-hybridized carbons (Fsp3) is 0.308. The van der Waals surface area contributed by atoms with Crippen LogP contribution in [0.2, 0.25) is 0 Å². The summed E-state index contributed by atoms with van der Waals surface area (Å²) in [6.45, 7) is 2.21. The van der Waals surface area contributed by atoms with Crippen molar-refractivity contribution in [2.75, 3.05) is 18.9 Å². The number of carbonyl (C=O) groups is 3. The highest BCUT2D eigenvalue weighted by molar-refractivity contribution is 8.00. The van der Waals surface area contributed by atoms with Crippen LogP contribution in [0.25, 0.3) is 0 Å². The highest BCUT2D eigenvalue weighted by Gasteiger charge is 2.28. The number of carbonyl (C=O) groups excluding carboxylic acids is 2. The molecular weight excluding hydrogens is 282 g/mol. The number of imide groups is 1. The summed E-state index contributed by atoms with van der Waals surface area (Å²) >= 11 is 1.20. The monoisotopic (exact) mass is 295 g/mol. The summed E-state index contributed by atoms with van der Waals surface area (Å²) in [6.07, 6.45) is -0.620. The van der Waals surface area contributed by atoms with Gasteiger partial charge in [-0.05, 0) is 24.6 Å². The summed E-state index contributed by atoms with van der Waals surface area (Å²) in [5.74, 6) is -1.27. The van der Waals surface area contributed by atoms with E-state index in [0.717, 1.165) is 4.90 Å². The molecule has 1 aromatic rings. The second-order valence-corrected chi connectivity index (χ2v) is 5.28. The van der Waals surface area contributed by atoms with Gasteiger partial charge in [0.15, 0.2) is 0 Å². The third kappa shape index (κ3) is 3.11. The number of nitrogens with zero attached hydrogens (tertiary/aromatic N) is 1. The molecule has 1 aliphatic heterocycles. The van der Waals surface area contributed by atoms with Crippen molar-refractivity contribution >= 4 is 29.7 Å². The van der Waals surface area contributed by atoms with Gasteiger partial charge < -0.3 is 9.84 Å². The zero-order valence-corrected chi connectivity index (χ0v) is 11.6. The van der Waals surface area contributed by atoms with Gasteiger partial charge in [0.2, 0.25) is 5.91 Å². The third-order valence-corrected chi connectivity index (χ3v) is 3.84. The maximum atomic E-state index is 11.8. The first-order valence-corrected chi connectivity index (χ1v) is 6.91. The molecule has 2 rings (SSSR count). The van der Waals surface area contributed by atoms with E-state index in [-0.39, 0.29) is 30.4 Å². The molecule has 0 aliphatic carbocycles. The van der Waals surface area contributed by atoms with E-state index >= 15 is 0 Å². The van der Waals surface area contributed by atoms with Crippen LogP contribution >= 0.6 is 11.8 Å². The van der Waals surface area contributed by atoms with Crippen LogP contribution in [0.1, 0.15) is 15.9 Å². The highest BCUT2D eigenvalue weighted by atomic mass is 32.2. The predicted octanol–water partition coefficient (Wildman–Crippen LogP) is 1.76. The number of aryl methyl sites for hydroxylation is 1. The zero-order chi connectivity index (χ0) is 14.7. The summed E-state index contributed by atoms with van der Waals surface area (Å²) in [5, 5.41) is 9.03. The number of hydrogen-bond donors (Lipinski definition) is 1. The fourth-order valence-corrected chi connectivity index (χ4v) is 2.58. The van der Waals surface area contributed by atoms with Crippen molar-refractivity contribution in [1.82, 2.24) is 4.90 Å². The second kappa shape index (κ2) is 5.96. The second-order valence-electron chi connectivity index (χ2n) is 4.23. The molecule has 1 aromatic carbocycles. The van der Waals surface area contributed by atoms with Gasteiger partial charge >= 0.3 is 12.1 Å². The number of carboxylic acids is 1. The van der Waals surface area contributed by atoms with Gasteiger partial charge in [-0.1, -0.05) is 6.07 Å². The number of benzene rings is 1. The molecule has 1 saturated heterocycles. The highest BCUT2D eigenvalue weighted by Crippen LogP contribution is 2.22. The average Bonchev–Trinajstić information content (AvgIpc) is 2.83. The zero-order valence-electron chi connectivity index (χ0n) is 10.8. The van der Waals surface area contributed by atoms with E-state index < -0.39 is 12.1 Å². The molecule has 0 atom stereocenters. The van der Waals surface area contributed by atoms with Gasteiger partial charge in [0.1, 0.15) is 6.61 Å². The molecule has 0 bridgehead atoms. The standard InChI is InChI=1S/C13H13NO5S/c1-8-2-3-9(6-10(8)12(16)17)20-7-11(15)14-4-5-19-13(14)18/h2-3,6H,4-5,7H2,1H3,(H,16,17). The van der Waals surface area contributed by atoms with Crippen molar-refractivity contribution in [1.29, 1.82) is 0 Å². The normalized spacial score (nSPS) is 14.2. The van der Waals surface area contributed by atoms with Crippen molar-refractivity contribution in [3.05, 3.63) is 29.3 Å². The lowest BCUT2D eigenvalue weighted by Crippen LogP contribution is -2.32. The molecule has 1 N–H and O–H groups in total. The SMILES string of the molecule is Cc1ccc(SCC(=O)N2CCOC2=O)cc1C(=O)O. The minimum atomic E-state index is -1.00. The Kier molecular flexibility index (Phi) is 4.29. The van der Waals surface area contributed by atoms with E-state index in [9.17, 15) is 14.4 Å². The van der Waals surface area contributed by atoms with Crippen LogP contribution in [0.3, 0.4) is 0 Å². The Bertz CT molecular complexity index is 572. The van der Waals surface area contributed by atoms with Gasteiger partial charge in [0, 0.05) is 4.90 Å². The molecular formula is C13H13NO5S. The van der Waals surface area contributed by atoms with Gasteiger partial charge in [0.05, 0.1) is 17.9 Å². The van der Waals surface area contributed by atoms with Crippen LogP contribution in [-0.2, 0) is 9.53 Å². The van der Waals surface area contributed by atoms with E-state index in [1.807, 2.05) is 0 Å². The van der Waals surface area contributed by atoms with Crippen LogP contribution in [0.15, 0.2) is 23.1 Å². The molecule has 0 saturated carbocycles. The van der Waals surface area contributed by atoms with Crippen molar-refractivity contribution in [2.24, 2.45) is 0 Å². The Morgan fingerprint density at radius 2 is 2.20 bits per heavy atom. The first kappa shape index (κ1) is 14.4. The first-order chi connectivity index (χ1) is 9.49. The average molecular weight is 295 g/mol. The van der Waals surface area contributed by atoms with Gasteiger partial charge in [0.25, 0.3) is 0 Å². The third-order valence-electron chi connectivity index (χ3n) is 2.86. The molecule has 0 spiro atoms. The summed E-state index contributed by atoms with van der Waals surface area (Å²) in [5.41, 5.74) is 0.874. The molecule has 2 amide bonds. The Morgan fingerprint density at radius 1 is 1.45 bits per heavy atom. The number of hydrogen-bond acceptors (Lipinski definition) is 5. The van der Waals surface area contributed by atoms with Gasteiger partial charge in [-0.3, -0.25) is 4.79 Å². The maximum absolute atomic E-state index is 11.8. The Morgan fingerprint density at radius 3 is 2.80 bits per heavy atom. The number of carboxylic acid groups (broad SMARTS) is 1. The smallest absolute Gasteiger partial charge is 0.416 e. The number of aromatic carboxylic acids is 1. The van der Waals surface area contributed by atoms with Crippen molar-refractivity contribution in [3.63, 3.8) is 0 Å². The van der Waals surface area contributed by atoms with E-state index in [1.54, 1.807) is 19.1 Å². The lowest BCUT2D eigenvalue weighted by Gasteiger charge is -2.10. The maximum Gasteiger partial charge on any atom is 0.416 e. The molecule has 0 radical (unpaired) electrons. The van der Waals surface area contributed by atoms with Crippen LogP contribution in [0.4, 0.5) is 4.79 Å². The largest absolute Gasteiger partial charge is 0.478 e. The topological polar surface area (TPSA) is 83.9 Å². The number of thioether (sulfide) groups is 1. The summed E-state index contributed by atoms with van der Waals surface area (Å²) < 4.78 is 4.68. The Labute approximate surface area is 119 Å². The number of ether oxygens (including phenoxy) is 1. The Hall–Kier alpha value is -2.02. The lowest BCUT2D eigenvalue weighted by molar-refractivity contribution is -0.125. The fourth-order valence-electron chi connectivity index (χ4n) is 1.76. The van der Waals surface area contributed by atoms with Gasteiger partial charge in [-0.15, -0.1) is 11.8 Å². The molecule has 6 nitrogen and oxygen atoms in total. The molecule has 0 unspecified atom stereocenters. The van der Waals surface area contributed by atoms with Crippen molar-refractivity contribution < 1.29 is 24.2 Å². The van der Waals surface area contributed by atoms with E-state index in [0.29, 0.717) is 10.5 Å². The Balaban J connectivity index is 2.00. The summed E-state index contributed by atoms with van der Waals surface area (Å²) in [4.78, 5) is 35.8. The molecule has 1 heterocycles. The molecule has 20 heavy (non-hydrogen) atoms. The van der Waals surface area contributed by atoms with Gasteiger partial charge in [-0.2, -0.15) is 0 Å². The predicted molar refractivity (Wildman–Crippen MR) is 71.9 cm³/mol. The number of cyclic esters (lactones) is 1.